The van der Waals surface area contributed by atoms with Crippen LogP contribution in [0.2, 0.25) is 0 Å². The van der Waals surface area contributed by atoms with Gasteiger partial charge in [0, 0.05) is 42.2 Å². The Morgan fingerprint density at radius 1 is 1.19 bits per heavy atom. The first-order chi connectivity index (χ1) is 12.7. The molecule has 1 aliphatic carbocycles. The monoisotopic (exact) mass is 352 g/mol. The number of hydrogen-bond donors (Lipinski definition) is 0. The van der Waals surface area contributed by atoms with Crippen LogP contribution in [0, 0.1) is 12.8 Å². The van der Waals surface area contributed by atoms with Gasteiger partial charge < -0.3 is 9.64 Å². The molecule has 1 saturated heterocycles. The minimum Gasteiger partial charge on any atom is -0.496 e. The molecule has 2 heterocycles. The van der Waals surface area contributed by atoms with Gasteiger partial charge >= 0.3 is 0 Å². The number of nitrogens with zero attached hydrogens (tertiary/aromatic N) is 2. The van der Waals surface area contributed by atoms with Gasteiger partial charge in [0.2, 0.25) is 5.91 Å². The Morgan fingerprint density at radius 2 is 2.00 bits per heavy atom. The molecule has 1 aromatic carbocycles. The highest BCUT2D eigenvalue weighted by Gasteiger charge is 2.31. The molecule has 2 aliphatic rings. The fraction of sp³-hybridized carbons (Fsp3) is 0.545. The van der Waals surface area contributed by atoms with Crippen molar-refractivity contribution in [2.45, 2.75) is 51.4 Å². The highest BCUT2D eigenvalue weighted by molar-refractivity contribution is 5.87. The Bertz CT molecular complexity index is 811. The topological polar surface area (TPSA) is 42.4 Å². The second kappa shape index (κ2) is 7.26. The smallest absolute Gasteiger partial charge is 0.225 e. The van der Waals surface area contributed by atoms with Crippen LogP contribution in [0.25, 0.3) is 10.8 Å². The maximum Gasteiger partial charge on any atom is 0.225 e. The molecule has 1 unspecified atom stereocenters. The van der Waals surface area contributed by atoms with Crippen molar-refractivity contribution in [3.05, 3.63) is 35.7 Å². The number of likely N-dealkylation sites (tertiary alicyclic amines) is 1. The lowest BCUT2D eigenvalue weighted by atomic mass is 9.91. The Hall–Kier alpha value is -2.10. The van der Waals surface area contributed by atoms with E-state index in [1.165, 1.54) is 18.2 Å². The standard InChI is InChI=1S/C22H28N2O2/c1-15-19-12-20(23-13-17(19)9-10-21(15)26-2)18-8-5-11-24(14-18)22(25)16-6-3-4-7-16/h9-10,12-13,16,18H,3-8,11,14H2,1-2H3. The van der Waals surface area contributed by atoms with Crippen molar-refractivity contribution < 1.29 is 9.53 Å². The predicted molar refractivity (Wildman–Crippen MR) is 104 cm³/mol. The Balaban J connectivity index is 1.58. The maximum absolute atomic E-state index is 12.8. The fourth-order valence-corrected chi connectivity index (χ4v) is 4.66. The molecule has 4 rings (SSSR count). The number of aryl methyl sites for hydroxylation is 1. The molecule has 4 heteroatoms. The first-order valence-corrected chi connectivity index (χ1v) is 9.89. The van der Waals surface area contributed by atoms with E-state index in [1.807, 2.05) is 12.3 Å². The highest BCUT2D eigenvalue weighted by atomic mass is 16.5. The number of piperidine rings is 1. The number of rotatable bonds is 3. The molecule has 1 aliphatic heterocycles. The summed E-state index contributed by atoms with van der Waals surface area (Å²) in [7, 11) is 1.71. The third-order valence-corrected chi connectivity index (χ3v) is 6.22. The van der Waals surface area contributed by atoms with Gasteiger partial charge in [-0.3, -0.25) is 9.78 Å². The number of methoxy groups -OCH3 is 1. The number of aromatic nitrogens is 1. The van der Waals surface area contributed by atoms with Crippen LogP contribution in [0.15, 0.2) is 24.4 Å². The van der Waals surface area contributed by atoms with Gasteiger partial charge in [-0.1, -0.05) is 12.8 Å². The van der Waals surface area contributed by atoms with Gasteiger partial charge in [0.15, 0.2) is 0 Å². The molecule has 26 heavy (non-hydrogen) atoms. The Kier molecular flexibility index (Phi) is 4.84. The molecule has 1 aromatic heterocycles. The lowest BCUT2D eigenvalue weighted by molar-refractivity contribution is -0.136. The average Bonchev–Trinajstić information content (AvgIpc) is 3.22. The summed E-state index contributed by atoms with van der Waals surface area (Å²) >= 11 is 0. The third-order valence-electron chi connectivity index (χ3n) is 6.22. The van der Waals surface area contributed by atoms with Crippen molar-refractivity contribution >= 4 is 16.7 Å². The van der Waals surface area contributed by atoms with Crippen LogP contribution in [0.5, 0.6) is 5.75 Å². The van der Waals surface area contributed by atoms with Crippen LogP contribution >= 0.6 is 0 Å². The molecule has 2 fully saturated rings. The molecule has 1 atom stereocenters. The van der Waals surface area contributed by atoms with Crippen molar-refractivity contribution in [1.29, 1.82) is 0 Å². The normalized spacial score (nSPS) is 21.3. The number of hydrogen-bond acceptors (Lipinski definition) is 3. The minimum atomic E-state index is 0.268. The first-order valence-electron chi connectivity index (χ1n) is 9.89. The maximum atomic E-state index is 12.8. The van der Waals surface area contributed by atoms with Crippen LogP contribution in [0.4, 0.5) is 0 Å². The zero-order chi connectivity index (χ0) is 18.1. The molecule has 4 nitrogen and oxygen atoms in total. The number of carbonyl (C=O) groups excluding carboxylic acids is 1. The molecular weight excluding hydrogens is 324 g/mol. The first kappa shape index (κ1) is 17.3. The van der Waals surface area contributed by atoms with Gasteiger partial charge in [-0.2, -0.15) is 0 Å². The number of fused-ring (bicyclic) bond motifs is 1. The molecule has 2 aromatic rings. The molecule has 0 radical (unpaired) electrons. The highest BCUT2D eigenvalue weighted by Crippen LogP contribution is 2.33. The van der Waals surface area contributed by atoms with E-state index >= 15 is 0 Å². The van der Waals surface area contributed by atoms with Crippen molar-refractivity contribution in [1.82, 2.24) is 9.88 Å². The summed E-state index contributed by atoms with van der Waals surface area (Å²) in [6.45, 7) is 3.82. The van der Waals surface area contributed by atoms with Gasteiger partial charge in [-0.15, -0.1) is 0 Å². The second-order valence-electron chi connectivity index (χ2n) is 7.83. The van der Waals surface area contributed by atoms with Crippen molar-refractivity contribution in [3.63, 3.8) is 0 Å². The number of benzene rings is 1. The van der Waals surface area contributed by atoms with E-state index in [2.05, 4.69) is 24.0 Å². The van der Waals surface area contributed by atoms with E-state index < -0.39 is 0 Å². The van der Waals surface area contributed by atoms with Crippen LogP contribution in [-0.2, 0) is 4.79 Å². The number of ether oxygens (including phenoxy) is 1. The quantitative estimate of drug-likeness (QED) is 0.820. The van der Waals surface area contributed by atoms with E-state index in [-0.39, 0.29) is 5.92 Å². The minimum absolute atomic E-state index is 0.268. The van der Waals surface area contributed by atoms with Gasteiger partial charge in [0.25, 0.3) is 0 Å². The summed E-state index contributed by atoms with van der Waals surface area (Å²) in [5, 5.41) is 2.34. The SMILES string of the molecule is COc1ccc2cnc(C3CCCN(C(=O)C4CCCC4)C3)cc2c1C. The van der Waals surface area contributed by atoms with Crippen LogP contribution in [-0.4, -0.2) is 36.0 Å². The molecule has 0 spiro atoms. The molecule has 0 N–H and O–H groups in total. The Labute approximate surface area is 155 Å². The number of pyridine rings is 1. The van der Waals surface area contributed by atoms with Crippen LogP contribution in [0.3, 0.4) is 0 Å². The van der Waals surface area contributed by atoms with E-state index in [4.69, 9.17) is 9.72 Å². The van der Waals surface area contributed by atoms with Gasteiger partial charge in [0.1, 0.15) is 5.75 Å². The summed E-state index contributed by atoms with van der Waals surface area (Å²) in [5.41, 5.74) is 2.26. The van der Waals surface area contributed by atoms with Crippen molar-refractivity contribution in [3.8, 4) is 5.75 Å². The van der Waals surface area contributed by atoms with E-state index in [0.29, 0.717) is 11.8 Å². The lowest BCUT2D eigenvalue weighted by Gasteiger charge is -2.34. The molecule has 138 valence electrons. The second-order valence-corrected chi connectivity index (χ2v) is 7.83. The predicted octanol–water partition coefficient (Wildman–Crippen LogP) is 4.45. The summed E-state index contributed by atoms with van der Waals surface area (Å²) in [4.78, 5) is 19.7. The summed E-state index contributed by atoms with van der Waals surface area (Å²) < 4.78 is 5.47. The van der Waals surface area contributed by atoms with Crippen molar-refractivity contribution in [2.24, 2.45) is 5.92 Å². The Morgan fingerprint density at radius 3 is 2.77 bits per heavy atom. The van der Waals surface area contributed by atoms with Crippen LogP contribution < -0.4 is 4.74 Å². The van der Waals surface area contributed by atoms with Crippen molar-refractivity contribution in [2.75, 3.05) is 20.2 Å². The summed E-state index contributed by atoms with van der Waals surface area (Å²) in [6, 6.07) is 6.28. The summed E-state index contributed by atoms with van der Waals surface area (Å²) in [6.07, 6.45) is 8.72. The largest absolute Gasteiger partial charge is 0.496 e. The zero-order valence-corrected chi connectivity index (χ0v) is 15.8. The molecule has 1 amide bonds. The number of carbonyl (C=O) groups is 1. The third kappa shape index (κ3) is 3.17. The fourth-order valence-electron chi connectivity index (χ4n) is 4.66. The van der Waals surface area contributed by atoms with Gasteiger partial charge in [-0.05, 0) is 61.8 Å². The van der Waals surface area contributed by atoms with E-state index in [1.54, 1.807) is 7.11 Å². The lowest BCUT2D eigenvalue weighted by Crippen LogP contribution is -2.42. The van der Waals surface area contributed by atoms with Gasteiger partial charge in [-0.25, -0.2) is 0 Å². The van der Waals surface area contributed by atoms with E-state index in [0.717, 1.165) is 61.2 Å². The van der Waals surface area contributed by atoms with E-state index in [9.17, 15) is 4.79 Å². The average molecular weight is 352 g/mol. The van der Waals surface area contributed by atoms with Crippen LogP contribution in [0.1, 0.15) is 55.7 Å². The summed E-state index contributed by atoms with van der Waals surface area (Å²) in [5.74, 6) is 1.90. The zero-order valence-electron chi connectivity index (χ0n) is 15.8. The van der Waals surface area contributed by atoms with Gasteiger partial charge in [0.05, 0.1) is 7.11 Å². The molecular formula is C22H28N2O2. The molecule has 0 bridgehead atoms. The molecule has 1 saturated carbocycles. The number of amides is 1.